The highest BCUT2D eigenvalue weighted by molar-refractivity contribution is 7.89. The number of benzene rings is 1. The van der Waals surface area contributed by atoms with Crippen molar-refractivity contribution in [2.45, 2.75) is 23.9 Å². The molecule has 7 nitrogen and oxygen atoms in total. The average molecular weight is 368 g/mol. The van der Waals surface area contributed by atoms with Gasteiger partial charge in [0.2, 0.25) is 0 Å². The number of carboxylic acid groups (broad SMARTS) is 1. The van der Waals surface area contributed by atoms with Crippen LogP contribution in [-0.4, -0.2) is 30.5 Å². The van der Waals surface area contributed by atoms with Gasteiger partial charge in [-0.25, -0.2) is 23.3 Å². The zero-order valence-corrected chi connectivity index (χ0v) is 14.0. The molecule has 24 heavy (non-hydrogen) atoms. The first-order valence-corrected chi connectivity index (χ1v) is 9.02. The summed E-state index contributed by atoms with van der Waals surface area (Å²) in [7, 11) is -4.18. The molecule has 0 radical (unpaired) electrons. The van der Waals surface area contributed by atoms with Crippen molar-refractivity contribution in [2.75, 3.05) is 4.90 Å². The number of pyridine rings is 1. The van der Waals surface area contributed by atoms with Crippen molar-refractivity contribution in [3.8, 4) is 0 Å². The summed E-state index contributed by atoms with van der Waals surface area (Å²) in [5.41, 5.74) is 0.635. The molecule has 1 aromatic carbocycles. The molecule has 1 aromatic heterocycles. The number of aromatic carboxylic acids is 1. The molecule has 1 heterocycles. The number of sulfonamides is 1. The normalized spacial score (nSPS) is 14.4. The van der Waals surface area contributed by atoms with Crippen molar-refractivity contribution in [2.24, 2.45) is 5.14 Å². The minimum Gasteiger partial charge on any atom is -0.478 e. The van der Waals surface area contributed by atoms with Crippen LogP contribution in [0.5, 0.6) is 0 Å². The van der Waals surface area contributed by atoms with E-state index in [0.717, 1.165) is 24.7 Å². The number of hydrogen-bond donors (Lipinski definition) is 2. The smallest absolute Gasteiger partial charge is 0.339 e. The zero-order chi connectivity index (χ0) is 17.5. The van der Waals surface area contributed by atoms with Crippen molar-refractivity contribution < 1.29 is 18.3 Å². The molecule has 0 unspecified atom stereocenters. The molecule has 0 bridgehead atoms. The van der Waals surface area contributed by atoms with Gasteiger partial charge < -0.3 is 10.0 Å². The third kappa shape index (κ3) is 3.08. The molecule has 0 spiro atoms. The third-order valence-corrected chi connectivity index (χ3v) is 4.97. The van der Waals surface area contributed by atoms with Crippen LogP contribution in [0.1, 0.15) is 23.2 Å². The number of nitrogens with zero attached hydrogens (tertiary/aromatic N) is 2. The average Bonchev–Trinajstić information content (AvgIpc) is 3.33. The fourth-order valence-electron chi connectivity index (χ4n) is 2.49. The lowest BCUT2D eigenvalue weighted by Gasteiger charge is -2.27. The Labute approximate surface area is 143 Å². The Morgan fingerprint density at radius 3 is 2.42 bits per heavy atom. The van der Waals surface area contributed by atoms with Crippen molar-refractivity contribution in [1.82, 2.24) is 4.98 Å². The number of carboxylic acids is 1. The fraction of sp³-hybridized carbons (Fsp3) is 0.200. The minimum absolute atomic E-state index is 0.0405. The molecular weight excluding hydrogens is 354 g/mol. The van der Waals surface area contributed by atoms with Gasteiger partial charge >= 0.3 is 5.97 Å². The lowest BCUT2D eigenvalue weighted by Crippen LogP contribution is -2.24. The standard InChI is InChI=1S/C15H14ClN3O4S/c16-12-13(11(15(20)21)8-18-14(12)24(17,22)23)19(10-6-7-10)9-4-2-1-3-5-9/h1-5,8,10H,6-7H2,(H,20,21)(H2,17,22,23). The summed E-state index contributed by atoms with van der Waals surface area (Å²) in [5, 5.41) is 13.8. The van der Waals surface area contributed by atoms with Gasteiger partial charge in [-0.15, -0.1) is 0 Å². The Kier molecular flexibility index (Phi) is 4.20. The lowest BCUT2D eigenvalue weighted by molar-refractivity contribution is 0.0697. The Bertz CT molecular complexity index is 898. The van der Waals surface area contributed by atoms with Gasteiger partial charge in [0, 0.05) is 17.9 Å². The maximum Gasteiger partial charge on any atom is 0.339 e. The second-order valence-corrected chi connectivity index (χ2v) is 7.28. The van der Waals surface area contributed by atoms with Crippen LogP contribution in [-0.2, 0) is 10.0 Å². The Balaban J connectivity index is 2.29. The van der Waals surface area contributed by atoms with Gasteiger partial charge in [0.05, 0.1) is 5.69 Å². The predicted octanol–water partition coefficient (Wildman–Crippen LogP) is 2.38. The molecule has 0 atom stereocenters. The van der Waals surface area contributed by atoms with Crippen LogP contribution in [0, 0.1) is 0 Å². The second kappa shape index (κ2) is 6.04. The monoisotopic (exact) mass is 367 g/mol. The van der Waals surface area contributed by atoms with Crippen LogP contribution >= 0.6 is 11.6 Å². The molecule has 1 aliphatic rings. The summed E-state index contributed by atoms with van der Waals surface area (Å²) in [6.07, 6.45) is 2.66. The van der Waals surface area contributed by atoms with E-state index in [0.29, 0.717) is 0 Å². The van der Waals surface area contributed by atoms with Crippen LogP contribution in [0.25, 0.3) is 0 Å². The quantitative estimate of drug-likeness (QED) is 0.838. The van der Waals surface area contributed by atoms with Gasteiger partial charge in [-0.05, 0) is 25.0 Å². The van der Waals surface area contributed by atoms with E-state index in [9.17, 15) is 18.3 Å². The van der Waals surface area contributed by atoms with E-state index >= 15 is 0 Å². The van der Waals surface area contributed by atoms with Gasteiger partial charge in [0.25, 0.3) is 10.0 Å². The van der Waals surface area contributed by atoms with Gasteiger partial charge in [-0.3, -0.25) is 0 Å². The molecule has 9 heteroatoms. The first kappa shape index (κ1) is 16.7. The van der Waals surface area contributed by atoms with Crippen LogP contribution in [0.3, 0.4) is 0 Å². The second-order valence-electron chi connectivity index (χ2n) is 5.43. The molecule has 3 N–H and O–H groups in total. The van der Waals surface area contributed by atoms with Gasteiger partial charge in [0.1, 0.15) is 10.6 Å². The van der Waals surface area contributed by atoms with E-state index in [-0.39, 0.29) is 22.3 Å². The highest BCUT2D eigenvalue weighted by Crippen LogP contribution is 2.44. The Morgan fingerprint density at radius 1 is 1.29 bits per heavy atom. The number of halogens is 1. The number of aromatic nitrogens is 1. The number of primary sulfonamides is 1. The topological polar surface area (TPSA) is 114 Å². The summed E-state index contributed by atoms with van der Waals surface area (Å²) in [5.74, 6) is -1.25. The number of carbonyl (C=O) groups is 1. The zero-order valence-electron chi connectivity index (χ0n) is 12.4. The maximum absolute atomic E-state index is 11.7. The molecule has 1 saturated carbocycles. The lowest BCUT2D eigenvalue weighted by atomic mass is 10.1. The van der Waals surface area contributed by atoms with Crippen LogP contribution in [0.4, 0.5) is 11.4 Å². The molecule has 126 valence electrons. The molecule has 1 aliphatic carbocycles. The van der Waals surface area contributed by atoms with Crippen molar-refractivity contribution in [1.29, 1.82) is 0 Å². The number of anilines is 2. The van der Waals surface area contributed by atoms with Gasteiger partial charge in [-0.2, -0.15) is 0 Å². The molecular formula is C15H14ClN3O4S. The van der Waals surface area contributed by atoms with Crippen molar-refractivity contribution >= 4 is 39.0 Å². The molecule has 3 rings (SSSR count). The number of rotatable bonds is 5. The SMILES string of the molecule is NS(=O)(=O)c1ncc(C(=O)O)c(N(c2ccccc2)C2CC2)c1Cl. The summed E-state index contributed by atoms with van der Waals surface area (Å²) in [6.45, 7) is 0. The van der Waals surface area contributed by atoms with Crippen LogP contribution in [0.15, 0.2) is 41.6 Å². The Hall–Kier alpha value is -2.16. The molecule has 2 aromatic rings. The number of nitrogens with two attached hydrogens (primary N) is 1. The van der Waals surface area contributed by atoms with E-state index in [1.807, 2.05) is 6.07 Å². The predicted molar refractivity (Wildman–Crippen MR) is 89.2 cm³/mol. The van der Waals surface area contributed by atoms with Crippen molar-refractivity contribution in [3.05, 3.63) is 47.1 Å². The van der Waals surface area contributed by atoms with Crippen LogP contribution < -0.4 is 10.0 Å². The summed E-state index contributed by atoms with van der Waals surface area (Å²) in [4.78, 5) is 17.0. The van der Waals surface area contributed by atoms with E-state index in [4.69, 9.17) is 16.7 Å². The van der Waals surface area contributed by atoms with E-state index < -0.39 is 21.0 Å². The summed E-state index contributed by atoms with van der Waals surface area (Å²) >= 11 is 6.23. The molecule has 1 fully saturated rings. The Morgan fingerprint density at radius 2 is 1.92 bits per heavy atom. The third-order valence-electron chi connectivity index (χ3n) is 3.65. The van der Waals surface area contributed by atoms with E-state index in [1.54, 1.807) is 29.2 Å². The molecule has 0 aliphatic heterocycles. The first-order chi connectivity index (χ1) is 11.3. The summed E-state index contributed by atoms with van der Waals surface area (Å²) < 4.78 is 23.4. The number of hydrogen-bond acceptors (Lipinski definition) is 5. The van der Waals surface area contributed by atoms with E-state index in [2.05, 4.69) is 4.98 Å². The largest absolute Gasteiger partial charge is 0.478 e. The molecule has 0 saturated heterocycles. The van der Waals surface area contributed by atoms with Gasteiger partial charge in [0.15, 0.2) is 5.03 Å². The first-order valence-electron chi connectivity index (χ1n) is 7.09. The van der Waals surface area contributed by atoms with Crippen molar-refractivity contribution in [3.63, 3.8) is 0 Å². The van der Waals surface area contributed by atoms with Crippen LogP contribution in [0.2, 0.25) is 5.02 Å². The molecule has 0 amide bonds. The van der Waals surface area contributed by atoms with Gasteiger partial charge in [-0.1, -0.05) is 29.8 Å². The highest BCUT2D eigenvalue weighted by atomic mass is 35.5. The summed E-state index contributed by atoms with van der Waals surface area (Å²) in [6, 6.07) is 9.09. The highest BCUT2D eigenvalue weighted by Gasteiger charge is 2.36. The van der Waals surface area contributed by atoms with E-state index in [1.165, 1.54) is 0 Å². The minimum atomic E-state index is -4.18. The fourth-order valence-corrected chi connectivity index (χ4v) is 3.61. The number of para-hydroxylation sites is 1. The maximum atomic E-state index is 11.7.